The fourth-order valence-corrected chi connectivity index (χ4v) is 5.18. The Labute approximate surface area is 214 Å². The van der Waals surface area contributed by atoms with E-state index >= 15 is 0 Å². The molecule has 35 heavy (non-hydrogen) atoms. The summed E-state index contributed by atoms with van der Waals surface area (Å²) < 4.78 is 11.2. The minimum absolute atomic E-state index is 0.0478. The van der Waals surface area contributed by atoms with Crippen molar-refractivity contribution in [3.63, 3.8) is 0 Å². The molecule has 8 heteroatoms. The largest absolute Gasteiger partial charge is 0.497 e. The van der Waals surface area contributed by atoms with Crippen molar-refractivity contribution >= 4 is 34.8 Å². The van der Waals surface area contributed by atoms with E-state index in [1.54, 1.807) is 60.9 Å². The molecule has 1 aliphatic rings. The fraction of sp³-hybridized carbons (Fsp3) is 0.259. The van der Waals surface area contributed by atoms with Gasteiger partial charge in [0.25, 0.3) is 5.91 Å². The molecule has 0 fully saturated rings. The maximum atomic E-state index is 13.5. The van der Waals surface area contributed by atoms with E-state index in [0.29, 0.717) is 35.2 Å². The molecule has 182 valence electrons. The van der Waals surface area contributed by atoms with Gasteiger partial charge in [0.15, 0.2) is 0 Å². The van der Waals surface area contributed by atoms with Crippen LogP contribution in [0.3, 0.4) is 0 Å². The number of halogens is 1. The maximum absolute atomic E-state index is 13.5. The fourth-order valence-electron chi connectivity index (χ4n) is 4.13. The molecular formula is C27H27ClN2O4S. The number of fused-ring (bicyclic) bond motifs is 1. The Kier molecular flexibility index (Phi) is 8.10. The van der Waals surface area contributed by atoms with Gasteiger partial charge in [-0.15, -0.1) is 17.9 Å². The molecule has 2 heterocycles. The van der Waals surface area contributed by atoms with Gasteiger partial charge in [-0.3, -0.25) is 9.59 Å². The van der Waals surface area contributed by atoms with Crippen LogP contribution in [0.25, 0.3) is 0 Å². The average molecular weight is 511 g/mol. The third-order valence-corrected chi connectivity index (χ3v) is 7.18. The lowest BCUT2D eigenvalue weighted by Crippen LogP contribution is -2.47. The Hall–Kier alpha value is -3.29. The zero-order valence-electron chi connectivity index (χ0n) is 19.5. The second-order valence-corrected chi connectivity index (χ2v) is 9.56. The van der Waals surface area contributed by atoms with Gasteiger partial charge < -0.3 is 19.3 Å². The van der Waals surface area contributed by atoms with Crippen molar-refractivity contribution in [1.29, 1.82) is 0 Å². The molecule has 2 amide bonds. The van der Waals surface area contributed by atoms with Crippen LogP contribution in [0.15, 0.2) is 72.6 Å². The number of benzene rings is 2. The van der Waals surface area contributed by atoms with Crippen LogP contribution in [0.4, 0.5) is 0 Å². The number of hydrogen-bond acceptors (Lipinski definition) is 5. The number of carbonyl (C=O) groups is 2. The highest BCUT2D eigenvalue weighted by Gasteiger charge is 2.33. The Balaban J connectivity index is 1.50. The number of amides is 2. The summed E-state index contributed by atoms with van der Waals surface area (Å²) in [5, 5.41) is 2.68. The summed E-state index contributed by atoms with van der Waals surface area (Å²) in [5.41, 5.74) is 1.59. The molecule has 1 aliphatic heterocycles. The summed E-state index contributed by atoms with van der Waals surface area (Å²) in [6.07, 6.45) is 2.41. The number of methoxy groups -OCH3 is 1. The highest BCUT2D eigenvalue weighted by Crippen LogP contribution is 2.34. The second-order valence-electron chi connectivity index (χ2n) is 8.12. The monoisotopic (exact) mass is 510 g/mol. The third-order valence-electron chi connectivity index (χ3n) is 5.94. The molecule has 6 nitrogen and oxygen atoms in total. The number of ether oxygens (including phenoxy) is 2. The first kappa shape index (κ1) is 24.8. The lowest BCUT2D eigenvalue weighted by molar-refractivity contribution is -0.135. The first-order valence-corrected chi connectivity index (χ1v) is 12.5. The number of hydrogen-bond donors (Lipinski definition) is 0. The van der Waals surface area contributed by atoms with Gasteiger partial charge in [0.1, 0.15) is 24.7 Å². The van der Waals surface area contributed by atoms with Crippen LogP contribution >= 0.6 is 22.9 Å². The molecule has 0 saturated carbocycles. The minimum Gasteiger partial charge on any atom is -0.497 e. The Morgan fingerprint density at radius 3 is 2.54 bits per heavy atom. The smallest absolute Gasteiger partial charge is 0.254 e. The molecular weight excluding hydrogens is 484 g/mol. The zero-order chi connectivity index (χ0) is 24.8. The van der Waals surface area contributed by atoms with Crippen LogP contribution in [0.1, 0.15) is 26.8 Å². The molecule has 2 aromatic carbocycles. The van der Waals surface area contributed by atoms with Gasteiger partial charge in [-0.2, -0.15) is 0 Å². The standard InChI is InChI=1S/C27H27ClN2O4S/c1-3-14-29(27(32)19-4-8-21(33-2)9-5-19)17-26(31)30-15-12-25-23(13-16-35-25)24(30)18-34-22-10-6-20(28)7-11-22/h3-11,13,16,24H,1,12,14-15,17-18H2,2H3. The number of thiophene rings is 1. The quantitative estimate of drug-likeness (QED) is 0.369. The van der Waals surface area contributed by atoms with E-state index in [9.17, 15) is 9.59 Å². The third kappa shape index (κ3) is 5.86. The molecule has 0 spiro atoms. The molecule has 4 rings (SSSR count). The van der Waals surface area contributed by atoms with Gasteiger partial charge >= 0.3 is 0 Å². The molecule has 1 aromatic heterocycles. The van der Waals surface area contributed by atoms with Crippen LogP contribution < -0.4 is 9.47 Å². The molecule has 0 aliphatic carbocycles. The number of rotatable bonds is 9. The zero-order valence-corrected chi connectivity index (χ0v) is 21.1. The summed E-state index contributed by atoms with van der Waals surface area (Å²) in [6.45, 7) is 4.86. The van der Waals surface area contributed by atoms with Crippen molar-refractivity contribution in [3.8, 4) is 11.5 Å². The van der Waals surface area contributed by atoms with Crippen LogP contribution in [0.5, 0.6) is 11.5 Å². The van der Waals surface area contributed by atoms with Gasteiger partial charge in [0, 0.05) is 28.6 Å². The summed E-state index contributed by atoms with van der Waals surface area (Å²) in [5.74, 6) is 0.988. The van der Waals surface area contributed by atoms with Crippen molar-refractivity contribution in [2.75, 3.05) is 33.4 Å². The molecule has 0 saturated heterocycles. The first-order chi connectivity index (χ1) is 17.0. The van der Waals surface area contributed by atoms with E-state index in [4.69, 9.17) is 21.1 Å². The van der Waals surface area contributed by atoms with Crippen LogP contribution in [-0.2, 0) is 11.2 Å². The van der Waals surface area contributed by atoms with Gasteiger partial charge in [0.2, 0.25) is 5.91 Å². The predicted octanol–water partition coefficient (Wildman–Crippen LogP) is 5.24. The number of carbonyl (C=O) groups excluding carboxylic acids is 2. The SMILES string of the molecule is C=CCN(CC(=O)N1CCc2sccc2C1COc1ccc(Cl)cc1)C(=O)c1ccc(OC)cc1. The van der Waals surface area contributed by atoms with E-state index in [2.05, 4.69) is 12.6 Å². The molecule has 0 radical (unpaired) electrons. The number of nitrogens with zero attached hydrogens (tertiary/aromatic N) is 2. The summed E-state index contributed by atoms with van der Waals surface area (Å²) in [6, 6.07) is 15.8. The topological polar surface area (TPSA) is 59.1 Å². The average Bonchev–Trinajstić information content (AvgIpc) is 3.37. The van der Waals surface area contributed by atoms with E-state index in [-0.39, 0.29) is 30.9 Å². The first-order valence-electron chi connectivity index (χ1n) is 11.3. The molecule has 3 aromatic rings. The van der Waals surface area contributed by atoms with Crippen molar-refractivity contribution < 1.29 is 19.1 Å². The predicted molar refractivity (Wildman–Crippen MR) is 139 cm³/mol. The van der Waals surface area contributed by atoms with Crippen molar-refractivity contribution in [1.82, 2.24) is 9.80 Å². The lowest BCUT2D eigenvalue weighted by Gasteiger charge is -2.37. The van der Waals surface area contributed by atoms with Gasteiger partial charge in [-0.25, -0.2) is 0 Å². The normalized spacial score (nSPS) is 14.7. The van der Waals surface area contributed by atoms with E-state index in [1.165, 1.54) is 9.78 Å². The summed E-state index contributed by atoms with van der Waals surface area (Å²) in [4.78, 5) is 31.3. The van der Waals surface area contributed by atoms with E-state index < -0.39 is 0 Å². The molecule has 1 atom stereocenters. The van der Waals surface area contributed by atoms with Crippen molar-refractivity contribution in [2.45, 2.75) is 12.5 Å². The highest BCUT2D eigenvalue weighted by atomic mass is 35.5. The maximum Gasteiger partial charge on any atom is 0.254 e. The Bertz CT molecular complexity index is 1180. The second kappa shape index (κ2) is 11.4. The molecule has 1 unspecified atom stereocenters. The minimum atomic E-state index is -0.241. The summed E-state index contributed by atoms with van der Waals surface area (Å²) in [7, 11) is 1.57. The van der Waals surface area contributed by atoms with Gasteiger partial charge in [-0.05, 0) is 72.0 Å². The van der Waals surface area contributed by atoms with Crippen molar-refractivity contribution in [3.05, 3.63) is 93.7 Å². The van der Waals surface area contributed by atoms with Gasteiger partial charge in [0.05, 0.1) is 13.2 Å². The van der Waals surface area contributed by atoms with Gasteiger partial charge in [-0.1, -0.05) is 17.7 Å². The Morgan fingerprint density at radius 2 is 1.86 bits per heavy atom. The highest BCUT2D eigenvalue weighted by molar-refractivity contribution is 7.10. The van der Waals surface area contributed by atoms with Crippen LogP contribution in [0.2, 0.25) is 5.02 Å². The van der Waals surface area contributed by atoms with Crippen LogP contribution in [0, 0.1) is 0 Å². The van der Waals surface area contributed by atoms with Crippen LogP contribution in [-0.4, -0.2) is 55.0 Å². The molecule has 0 N–H and O–H groups in total. The van der Waals surface area contributed by atoms with Crippen molar-refractivity contribution in [2.24, 2.45) is 0 Å². The summed E-state index contributed by atoms with van der Waals surface area (Å²) >= 11 is 7.68. The molecule has 0 bridgehead atoms. The lowest BCUT2D eigenvalue weighted by atomic mass is 10.0. The van der Waals surface area contributed by atoms with E-state index in [0.717, 1.165) is 12.0 Å². The van der Waals surface area contributed by atoms with E-state index in [1.807, 2.05) is 22.4 Å². The Morgan fingerprint density at radius 1 is 1.14 bits per heavy atom.